The number of thioether (sulfide) groups is 1. The lowest BCUT2D eigenvalue weighted by Gasteiger charge is -2.16. The van der Waals surface area contributed by atoms with Crippen LogP contribution in [0.4, 0.5) is 0 Å². The molecule has 5 heteroatoms. The Balaban J connectivity index is 1.74. The van der Waals surface area contributed by atoms with E-state index < -0.39 is 11.9 Å². The second-order valence-electron chi connectivity index (χ2n) is 5.88. The predicted octanol–water partition coefficient (Wildman–Crippen LogP) is 2.59. The van der Waals surface area contributed by atoms with Gasteiger partial charge in [-0.15, -0.1) is 11.8 Å². The van der Waals surface area contributed by atoms with Crippen molar-refractivity contribution in [3.8, 4) is 0 Å². The van der Waals surface area contributed by atoms with Crippen molar-refractivity contribution < 1.29 is 14.7 Å². The summed E-state index contributed by atoms with van der Waals surface area (Å²) in [4.78, 5) is 26.8. The van der Waals surface area contributed by atoms with E-state index in [1.807, 2.05) is 30.5 Å². The van der Waals surface area contributed by atoms with Gasteiger partial charge in [-0.05, 0) is 55.2 Å². The van der Waals surface area contributed by atoms with Crippen molar-refractivity contribution in [1.29, 1.82) is 0 Å². The number of likely N-dealkylation sites (tertiary alicyclic amines) is 1. The van der Waals surface area contributed by atoms with Gasteiger partial charge in [0, 0.05) is 23.5 Å². The molecule has 1 amide bonds. The molecule has 0 bridgehead atoms. The zero-order chi connectivity index (χ0) is 15.0. The molecule has 3 rings (SSSR count). The number of hydrogen-bond donors (Lipinski definition) is 1. The average molecular weight is 305 g/mol. The molecule has 1 heterocycles. The molecule has 0 aromatic heterocycles. The van der Waals surface area contributed by atoms with Gasteiger partial charge >= 0.3 is 5.97 Å². The average Bonchev–Trinajstić information content (AvgIpc) is 3.25. The van der Waals surface area contributed by atoms with Crippen LogP contribution in [-0.4, -0.2) is 41.2 Å². The van der Waals surface area contributed by atoms with Crippen LogP contribution in [-0.2, 0) is 4.79 Å². The van der Waals surface area contributed by atoms with Crippen LogP contribution >= 0.6 is 11.8 Å². The van der Waals surface area contributed by atoms with Crippen LogP contribution in [0.15, 0.2) is 29.2 Å². The van der Waals surface area contributed by atoms with Gasteiger partial charge in [0.15, 0.2) is 0 Å². The van der Waals surface area contributed by atoms with Crippen LogP contribution in [0.25, 0.3) is 0 Å². The van der Waals surface area contributed by atoms with Gasteiger partial charge in [-0.3, -0.25) is 9.59 Å². The van der Waals surface area contributed by atoms with Gasteiger partial charge in [-0.2, -0.15) is 0 Å². The van der Waals surface area contributed by atoms with Crippen molar-refractivity contribution in [2.24, 2.45) is 17.8 Å². The van der Waals surface area contributed by atoms with E-state index in [0.29, 0.717) is 24.6 Å². The maximum atomic E-state index is 12.5. The zero-order valence-electron chi connectivity index (χ0n) is 12.0. The first kappa shape index (κ1) is 14.4. The molecule has 1 aromatic carbocycles. The highest BCUT2D eigenvalue weighted by Gasteiger charge is 2.46. The van der Waals surface area contributed by atoms with E-state index in [2.05, 4.69) is 0 Å². The molecule has 1 saturated carbocycles. The summed E-state index contributed by atoms with van der Waals surface area (Å²) in [5.74, 6) is -0.566. The number of aliphatic carboxylic acids is 1. The first-order chi connectivity index (χ1) is 10.1. The monoisotopic (exact) mass is 305 g/mol. The van der Waals surface area contributed by atoms with E-state index in [-0.39, 0.29) is 11.8 Å². The van der Waals surface area contributed by atoms with E-state index in [0.717, 1.165) is 17.7 Å². The largest absolute Gasteiger partial charge is 0.481 e. The molecule has 1 N–H and O–H groups in total. The van der Waals surface area contributed by atoms with Crippen LogP contribution in [0.3, 0.4) is 0 Å². The Morgan fingerprint density at radius 2 is 1.86 bits per heavy atom. The first-order valence-corrected chi connectivity index (χ1v) is 8.48. The highest BCUT2D eigenvalue weighted by atomic mass is 32.2. The number of carbonyl (C=O) groups is 2. The molecule has 0 spiro atoms. The lowest BCUT2D eigenvalue weighted by atomic mass is 9.92. The second kappa shape index (κ2) is 5.72. The first-order valence-electron chi connectivity index (χ1n) is 7.26. The third-order valence-corrected chi connectivity index (χ3v) is 5.28. The summed E-state index contributed by atoms with van der Waals surface area (Å²) in [7, 11) is 0. The molecule has 1 aliphatic carbocycles. The van der Waals surface area contributed by atoms with Crippen molar-refractivity contribution in [1.82, 2.24) is 4.90 Å². The van der Waals surface area contributed by atoms with Gasteiger partial charge in [-0.1, -0.05) is 0 Å². The van der Waals surface area contributed by atoms with Crippen LogP contribution < -0.4 is 0 Å². The number of hydrogen-bond acceptors (Lipinski definition) is 3. The van der Waals surface area contributed by atoms with E-state index in [1.165, 1.54) is 0 Å². The molecule has 0 radical (unpaired) electrons. The minimum absolute atomic E-state index is 0.0444. The number of rotatable bonds is 4. The summed E-state index contributed by atoms with van der Waals surface area (Å²) >= 11 is 1.64. The van der Waals surface area contributed by atoms with Crippen LogP contribution in [0.2, 0.25) is 0 Å². The molecule has 2 atom stereocenters. The summed E-state index contributed by atoms with van der Waals surface area (Å²) in [6.07, 6.45) is 4.22. The van der Waals surface area contributed by atoms with Crippen molar-refractivity contribution >= 4 is 23.6 Å². The van der Waals surface area contributed by atoms with Crippen molar-refractivity contribution in [3.63, 3.8) is 0 Å². The quantitative estimate of drug-likeness (QED) is 0.869. The van der Waals surface area contributed by atoms with Crippen LogP contribution in [0.5, 0.6) is 0 Å². The Kier molecular flexibility index (Phi) is 3.93. The standard InChI is InChI=1S/C16H19NO3S/c1-21-12-6-4-11(5-7-12)15(18)17-8-13(10-2-3-10)14(9-17)16(19)20/h4-7,10,13-14H,2-3,8-9H2,1H3,(H,19,20)/t13-,14+/m1/s1. The third-order valence-electron chi connectivity index (χ3n) is 4.53. The summed E-state index contributed by atoms with van der Waals surface area (Å²) in [6, 6.07) is 7.52. The van der Waals surface area contributed by atoms with E-state index >= 15 is 0 Å². The summed E-state index contributed by atoms with van der Waals surface area (Å²) in [5, 5.41) is 9.36. The number of benzene rings is 1. The molecule has 21 heavy (non-hydrogen) atoms. The van der Waals surface area contributed by atoms with Crippen molar-refractivity contribution in [2.45, 2.75) is 17.7 Å². The maximum Gasteiger partial charge on any atom is 0.308 e. The Bertz CT molecular complexity index is 553. The van der Waals surface area contributed by atoms with Gasteiger partial charge in [0.1, 0.15) is 0 Å². The van der Waals surface area contributed by atoms with E-state index in [1.54, 1.807) is 16.7 Å². The molecule has 112 valence electrons. The fraction of sp³-hybridized carbons (Fsp3) is 0.500. The second-order valence-corrected chi connectivity index (χ2v) is 6.76. The summed E-state index contributed by atoms with van der Waals surface area (Å²) < 4.78 is 0. The molecule has 2 fully saturated rings. The SMILES string of the molecule is CSc1ccc(C(=O)N2C[C@H](C(=O)O)[C@@H](C3CC3)C2)cc1. The Morgan fingerprint density at radius 3 is 2.38 bits per heavy atom. The highest BCUT2D eigenvalue weighted by Crippen LogP contribution is 2.44. The Hall–Kier alpha value is -1.49. The number of carbonyl (C=O) groups excluding carboxylic acids is 1. The normalized spacial score (nSPS) is 25.1. The number of nitrogens with zero attached hydrogens (tertiary/aromatic N) is 1. The predicted molar refractivity (Wildman–Crippen MR) is 81.5 cm³/mol. The minimum Gasteiger partial charge on any atom is -0.481 e. The van der Waals surface area contributed by atoms with Crippen molar-refractivity contribution in [2.75, 3.05) is 19.3 Å². The van der Waals surface area contributed by atoms with Gasteiger partial charge < -0.3 is 10.0 Å². The Morgan fingerprint density at radius 1 is 1.19 bits per heavy atom. The molecular formula is C16H19NO3S. The van der Waals surface area contributed by atoms with Gasteiger partial charge in [0.2, 0.25) is 0 Å². The highest BCUT2D eigenvalue weighted by molar-refractivity contribution is 7.98. The topological polar surface area (TPSA) is 57.6 Å². The summed E-state index contributed by atoms with van der Waals surface area (Å²) in [5.41, 5.74) is 0.647. The van der Waals surface area contributed by atoms with Gasteiger partial charge in [0.25, 0.3) is 5.91 Å². The fourth-order valence-corrected chi connectivity index (χ4v) is 3.58. The maximum absolute atomic E-state index is 12.5. The minimum atomic E-state index is -0.764. The lowest BCUT2D eigenvalue weighted by Crippen LogP contribution is -2.29. The molecule has 4 nitrogen and oxygen atoms in total. The van der Waals surface area contributed by atoms with Gasteiger partial charge in [0.05, 0.1) is 5.92 Å². The van der Waals surface area contributed by atoms with E-state index in [9.17, 15) is 14.7 Å². The number of carboxylic acids is 1. The molecule has 1 aromatic rings. The molecule has 2 aliphatic rings. The molecule has 0 unspecified atom stereocenters. The van der Waals surface area contributed by atoms with E-state index in [4.69, 9.17) is 0 Å². The summed E-state index contributed by atoms with van der Waals surface area (Å²) in [6.45, 7) is 0.935. The van der Waals surface area contributed by atoms with Crippen molar-refractivity contribution in [3.05, 3.63) is 29.8 Å². The number of amides is 1. The van der Waals surface area contributed by atoms with Crippen LogP contribution in [0.1, 0.15) is 23.2 Å². The smallest absolute Gasteiger partial charge is 0.308 e. The zero-order valence-corrected chi connectivity index (χ0v) is 12.8. The van der Waals surface area contributed by atoms with Crippen LogP contribution in [0, 0.1) is 17.8 Å². The lowest BCUT2D eigenvalue weighted by molar-refractivity contribution is -0.142. The fourth-order valence-electron chi connectivity index (χ4n) is 3.17. The molecule has 1 saturated heterocycles. The Labute approximate surface area is 128 Å². The third kappa shape index (κ3) is 2.93. The number of carboxylic acid groups (broad SMARTS) is 1. The molecule has 1 aliphatic heterocycles. The van der Waals surface area contributed by atoms with Gasteiger partial charge in [-0.25, -0.2) is 0 Å². The molecular weight excluding hydrogens is 286 g/mol.